The molecule has 1 saturated carbocycles. The number of aromatic hydroxyl groups is 1. The number of carbonyl (C=O) groups is 1. The van der Waals surface area contributed by atoms with Crippen LogP contribution in [0, 0.1) is 11.8 Å². The lowest BCUT2D eigenvalue weighted by Gasteiger charge is -2.36. The van der Waals surface area contributed by atoms with Crippen LogP contribution >= 0.6 is 0 Å². The summed E-state index contributed by atoms with van der Waals surface area (Å²) in [7, 11) is 2.08. The Balaban J connectivity index is 1.59. The van der Waals surface area contributed by atoms with E-state index in [1.807, 2.05) is 12.1 Å². The molecule has 2 unspecified atom stereocenters. The fourth-order valence-electron chi connectivity index (χ4n) is 6.79. The highest BCUT2D eigenvalue weighted by atomic mass is 16.7. The number of hydrogen-bond acceptors (Lipinski definition) is 6. The van der Waals surface area contributed by atoms with Crippen LogP contribution in [-0.2, 0) is 17.6 Å². The van der Waals surface area contributed by atoms with Gasteiger partial charge in [-0.2, -0.15) is 0 Å². The summed E-state index contributed by atoms with van der Waals surface area (Å²) in [4.78, 5) is 17.8. The van der Waals surface area contributed by atoms with Gasteiger partial charge in [-0.3, -0.25) is 0 Å². The summed E-state index contributed by atoms with van der Waals surface area (Å²) in [6, 6.07) is 7.80. The fraction of sp³-hybridized carbons (Fsp3) is 0.581. The van der Waals surface area contributed by atoms with Gasteiger partial charge >= 0.3 is 6.16 Å². The zero-order valence-electron chi connectivity index (χ0n) is 22.9. The van der Waals surface area contributed by atoms with E-state index < -0.39 is 6.16 Å². The van der Waals surface area contributed by atoms with Gasteiger partial charge in [0.25, 0.3) is 0 Å². The van der Waals surface area contributed by atoms with Gasteiger partial charge in [0.1, 0.15) is 17.6 Å². The Bertz CT molecular complexity index is 1140. The number of carbonyl (C=O) groups excluding carboxylic acids is 1. The molecule has 0 amide bonds. The molecule has 5 rings (SSSR count). The number of anilines is 2. The third kappa shape index (κ3) is 4.99. The number of fused-ring (bicyclic) bond motifs is 2. The van der Waals surface area contributed by atoms with E-state index in [2.05, 4.69) is 43.7 Å². The Morgan fingerprint density at radius 3 is 2.43 bits per heavy atom. The molecule has 2 aliphatic heterocycles. The second kappa shape index (κ2) is 10.8. The van der Waals surface area contributed by atoms with Crippen molar-refractivity contribution in [1.29, 1.82) is 0 Å². The lowest BCUT2D eigenvalue weighted by Crippen LogP contribution is -2.34. The molecular weight excluding hydrogens is 464 g/mol. The highest BCUT2D eigenvalue weighted by Gasteiger charge is 2.33. The maximum absolute atomic E-state index is 13.3. The highest BCUT2D eigenvalue weighted by molar-refractivity contribution is 5.97. The molecule has 1 N–H and O–H groups in total. The highest BCUT2D eigenvalue weighted by Crippen LogP contribution is 2.52. The molecule has 0 radical (unpaired) electrons. The van der Waals surface area contributed by atoms with Crippen molar-refractivity contribution in [3.63, 3.8) is 0 Å². The number of phenols is 1. The summed E-state index contributed by atoms with van der Waals surface area (Å²) < 4.78 is 12.0. The van der Waals surface area contributed by atoms with E-state index in [0.29, 0.717) is 17.6 Å². The summed E-state index contributed by atoms with van der Waals surface area (Å²) in [6.45, 7) is 9.27. The summed E-state index contributed by atoms with van der Waals surface area (Å²) >= 11 is 0. The molecule has 200 valence electrons. The van der Waals surface area contributed by atoms with E-state index >= 15 is 0 Å². The molecule has 6 nitrogen and oxygen atoms in total. The van der Waals surface area contributed by atoms with Crippen molar-refractivity contribution in [3.8, 4) is 22.6 Å². The average Bonchev–Trinajstić information content (AvgIpc) is 2.89. The number of aryl methyl sites for hydroxylation is 2. The smallest absolute Gasteiger partial charge is 0.507 e. The maximum atomic E-state index is 13.3. The first-order valence-electron chi connectivity index (χ1n) is 14.2. The van der Waals surface area contributed by atoms with Crippen molar-refractivity contribution < 1.29 is 19.4 Å². The molecule has 2 atom stereocenters. The van der Waals surface area contributed by atoms with Gasteiger partial charge in [0, 0.05) is 26.7 Å². The molecule has 1 fully saturated rings. The first-order valence-corrected chi connectivity index (χ1v) is 14.2. The second-order valence-electron chi connectivity index (χ2n) is 11.3. The van der Waals surface area contributed by atoms with Crippen molar-refractivity contribution in [2.24, 2.45) is 11.8 Å². The molecule has 0 saturated heterocycles. The van der Waals surface area contributed by atoms with E-state index in [0.717, 1.165) is 87.1 Å². The summed E-state index contributed by atoms with van der Waals surface area (Å²) in [5.41, 5.74) is 6.12. The number of hydrogen-bond donors (Lipinski definition) is 1. The zero-order chi connectivity index (χ0) is 26.1. The summed E-state index contributed by atoms with van der Waals surface area (Å²) in [6.07, 6.45) is 7.57. The Morgan fingerprint density at radius 1 is 0.973 bits per heavy atom. The van der Waals surface area contributed by atoms with E-state index in [1.54, 1.807) is 6.07 Å². The normalized spacial score (nSPS) is 21.4. The van der Waals surface area contributed by atoms with Gasteiger partial charge in [-0.25, -0.2) is 4.79 Å². The van der Waals surface area contributed by atoms with Crippen molar-refractivity contribution in [2.75, 3.05) is 36.5 Å². The third-order valence-corrected chi connectivity index (χ3v) is 8.66. The lowest BCUT2D eigenvalue weighted by molar-refractivity contribution is -0.00194. The van der Waals surface area contributed by atoms with E-state index in [4.69, 9.17) is 9.47 Å². The van der Waals surface area contributed by atoms with Gasteiger partial charge < -0.3 is 24.4 Å². The lowest BCUT2D eigenvalue weighted by atomic mass is 9.79. The molecule has 6 heteroatoms. The standard InChI is InChI=1S/C31H42N2O4/c1-5-33-19-9-11-22-15-17-26(37-31(35)36-25-13-7-6-12-23(25)20(2)3)28(30(22)33)27-24(34)16-14-21-10-8-18-32(4)29(21)27/h14-17,20,23,25,34H,5-13,18-19H2,1-4H3. The number of nitrogens with zero attached hydrogens (tertiary/aromatic N) is 2. The van der Waals surface area contributed by atoms with Gasteiger partial charge in [-0.15, -0.1) is 0 Å². The van der Waals surface area contributed by atoms with Crippen LogP contribution in [0.15, 0.2) is 24.3 Å². The number of phenolic OH excluding ortho intramolecular Hbond substituents is 1. The van der Waals surface area contributed by atoms with Crippen LogP contribution in [0.2, 0.25) is 0 Å². The minimum atomic E-state index is -0.643. The van der Waals surface area contributed by atoms with Crippen molar-refractivity contribution >= 4 is 17.5 Å². The van der Waals surface area contributed by atoms with Crippen LogP contribution in [0.1, 0.15) is 70.4 Å². The fourth-order valence-corrected chi connectivity index (χ4v) is 6.79. The van der Waals surface area contributed by atoms with Crippen molar-refractivity contribution in [2.45, 2.75) is 78.2 Å². The molecular formula is C31H42N2O4. The van der Waals surface area contributed by atoms with Crippen LogP contribution in [0.3, 0.4) is 0 Å². The van der Waals surface area contributed by atoms with Gasteiger partial charge in [-0.1, -0.05) is 32.4 Å². The number of ether oxygens (including phenoxy) is 2. The molecule has 3 aliphatic rings. The minimum absolute atomic E-state index is 0.113. The predicted molar refractivity (Wildman–Crippen MR) is 149 cm³/mol. The van der Waals surface area contributed by atoms with Crippen molar-refractivity contribution in [3.05, 3.63) is 35.4 Å². The Morgan fingerprint density at radius 2 is 1.68 bits per heavy atom. The Hall–Kier alpha value is -2.89. The number of rotatable bonds is 5. The van der Waals surface area contributed by atoms with Crippen molar-refractivity contribution in [1.82, 2.24) is 0 Å². The van der Waals surface area contributed by atoms with Crippen LogP contribution < -0.4 is 14.5 Å². The monoisotopic (exact) mass is 506 g/mol. The van der Waals surface area contributed by atoms with Crippen LogP contribution in [0.5, 0.6) is 11.5 Å². The predicted octanol–water partition coefficient (Wildman–Crippen LogP) is 6.94. The summed E-state index contributed by atoms with van der Waals surface area (Å²) in [5, 5.41) is 11.3. The Labute approximate surface area is 221 Å². The van der Waals surface area contributed by atoms with E-state index in [1.165, 1.54) is 17.5 Å². The quantitative estimate of drug-likeness (QED) is 0.350. The van der Waals surface area contributed by atoms with Gasteiger partial charge in [0.2, 0.25) is 0 Å². The van der Waals surface area contributed by atoms with Gasteiger partial charge in [0.15, 0.2) is 0 Å². The first kappa shape index (κ1) is 25.7. The molecule has 2 aromatic carbocycles. The maximum Gasteiger partial charge on any atom is 0.514 e. The average molecular weight is 507 g/mol. The van der Waals surface area contributed by atoms with E-state index in [-0.39, 0.29) is 11.9 Å². The van der Waals surface area contributed by atoms with Gasteiger partial charge in [0.05, 0.1) is 22.5 Å². The van der Waals surface area contributed by atoms with Crippen LogP contribution in [0.4, 0.5) is 16.2 Å². The topological polar surface area (TPSA) is 62.2 Å². The second-order valence-corrected chi connectivity index (χ2v) is 11.3. The molecule has 0 bridgehead atoms. The third-order valence-electron chi connectivity index (χ3n) is 8.66. The first-order chi connectivity index (χ1) is 17.9. The zero-order valence-corrected chi connectivity index (χ0v) is 22.9. The van der Waals surface area contributed by atoms with Gasteiger partial charge in [-0.05, 0) is 87.0 Å². The largest absolute Gasteiger partial charge is 0.514 e. The molecule has 2 aromatic rings. The SMILES string of the molecule is CCN1CCCc2ccc(OC(=O)OC3CCCCC3C(C)C)c(-c3c(O)ccc4c3N(C)CCC4)c21. The molecule has 2 heterocycles. The van der Waals surface area contributed by atoms with Crippen LogP contribution in [-0.4, -0.2) is 44.0 Å². The van der Waals surface area contributed by atoms with E-state index in [9.17, 15) is 9.90 Å². The molecule has 0 spiro atoms. The van der Waals surface area contributed by atoms with Crippen LogP contribution in [0.25, 0.3) is 11.1 Å². The molecule has 1 aliphatic carbocycles. The number of benzene rings is 2. The summed E-state index contributed by atoms with van der Waals surface area (Å²) in [5.74, 6) is 1.49. The molecule has 37 heavy (non-hydrogen) atoms. The minimum Gasteiger partial charge on any atom is -0.507 e. The Kier molecular flexibility index (Phi) is 7.55. The molecule has 0 aromatic heterocycles.